The molecule has 22 heavy (non-hydrogen) atoms. The molecule has 0 saturated carbocycles. The van der Waals surface area contributed by atoms with Crippen molar-refractivity contribution in [2.45, 2.75) is 19.7 Å². The third-order valence-electron chi connectivity index (χ3n) is 3.58. The first-order valence-electron chi connectivity index (χ1n) is 7.24. The van der Waals surface area contributed by atoms with Crippen LogP contribution in [0.15, 0.2) is 36.4 Å². The summed E-state index contributed by atoms with van der Waals surface area (Å²) < 4.78 is 24.8. The largest absolute Gasteiger partial charge is 0.486 e. The number of fused-ring (bicyclic) bond motifs is 1. The summed E-state index contributed by atoms with van der Waals surface area (Å²) in [6.45, 7) is 1.98. The number of benzene rings is 2. The number of aliphatic hydroxyl groups excluding tert-OH is 1. The number of rotatable bonds is 5. The van der Waals surface area contributed by atoms with Gasteiger partial charge in [-0.1, -0.05) is 24.3 Å². The fraction of sp³-hybridized carbons (Fsp3) is 0.294. The van der Waals surface area contributed by atoms with E-state index in [2.05, 4.69) is 5.32 Å². The van der Waals surface area contributed by atoms with Crippen LogP contribution in [0.5, 0.6) is 11.5 Å². The molecule has 1 aliphatic rings. The minimum atomic E-state index is -0.379. The van der Waals surface area contributed by atoms with Crippen LogP contribution in [0.25, 0.3) is 0 Å². The highest BCUT2D eigenvalue weighted by molar-refractivity contribution is 5.47. The van der Waals surface area contributed by atoms with Gasteiger partial charge in [0.2, 0.25) is 0 Å². The van der Waals surface area contributed by atoms with Crippen LogP contribution in [-0.2, 0) is 19.7 Å². The quantitative estimate of drug-likeness (QED) is 0.890. The van der Waals surface area contributed by atoms with E-state index in [1.165, 1.54) is 6.07 Å². The second kappa shape index (κ2) is 6.77. The summed E-state index contributed by atoms with van der Waals surface area (Å²) in [5.74, 6) is 1.17. The van der Waals surface area contributed by atoms with Crippen molar-refractivity contribution in [3.8, 4) is 11.5 Å². The molecule has 116 valence electrons. The molecule has 0 aromatic heterocycles. The molecule has 0 saturated heterocycles. The molecule has 2 aromatic rings. The molecule has 0 radical (unpaired) electrons. The number of halogens is 1. The predicted octanol–water partition coefficient (Wildman–Crippen LogP) is 2.38. The topological polar surface area (TPSA) is 50.7 Å². The third kappa shape index (κ3) is 3.21. The molecule has 0 fully saturated rings. The summed E-state index contributed by atoms with van der Waals surface area (Å²) in [5.41, 5.74) is 2.16. The lowest BCUT2D eigenvalue weighted by molar-refractivity contribution is 0.169. The van der Waals surface area contributed by atoms with Crippen LogP contribution in [0.4, 0.5) is 4.39 Å². The maximum atomic E-state index is 13.6. The SMILES string of the molecule is OCc1ccc(CNCc2cccc3c2OCCO3)cc1F. The van der Waals surface area contributed by atoms with E-state index in [-0.39, 0.29) is 12.4 Å². The zero-order chi connectivity index (χ0) is 15.4. The monoisotopic (exact) mass is 303 g/mol. The molecule has 2 N–H and O–H groups in total. The number of aliphatic hydroxyl groups is 1. The second-order valence-corrected chi connectivity index (χ2v) is 5.13. The summed E-state index contributed by atoms with van der Waals surface area (Å²) >= 11 is 0. The van der Waals surface area contributed by atoms with Gasteiger partial charge in [0.25, 0.3) is 0 Å². The van der Waals surface area contributed by atoms with Crippen molar-refractivity contribution in [1.29, 1.82) is 0 Å². The van der Waals surface area contributed by atoms with Gasteiger partial charge in [0.15, 0.2) is 11.5 Å². The predicted molar refractivity (Wildman–Crippen MR) is 80.3 cm³/mol. The molecule has 3 rings (SSSR count). The fourth-order valence-corrected chi connectivity index (χ4v) is 2.44. The first kappa shape index (κ1) is 14.8. The third-order valence-corrected chi connectivity index (χ3v) is 3.58. The molecular formula is C17H18FNO3. The van der Waals surface area contributed by atoms with Crippen LogP contribution < -0.4 is 14.8 Å². The van der Waals surface area contributed by atoms with E-state index in [0.29, 0.717) is 31.9 Å². The van der Waals surface area contributed by atoms with Gasteiger partial charge in [0.1, 0.15) is 19.0 Å². The van der Waals surface area contributed by atoms with E-state index >= 15 is 0 Å². The maximum absolute atomic E-state index is 13.6. The standard InChI is InChI=1S/C17H18FNO3/c18-15-8-12(4-5-14(15)11-20)9-19-10-13-2-1-3-16-17(13)22-7-6-21-16/h1-5,8,19-20H,6-7,9-11H2. The van der Waals surface area contributed by atoms with Crippen molar-refractivity contribution in [2.75, 3.05) is 13.2 Å². The molecular weight excluding hydrogens is 285 g/mol. The molecule has 0 amide bonds. The Morgan fingerprint density at radius 3 is 2.73 bits per heavy atom. The molecule has 2 aromatic carbocycles. The van der Waals surface area contributed by atoms with Gasteiger partial charge >= 0.3 is 0 Å². The second-order valence-electron chi connectivity index (χ2n) is 5.13. The Morgan fingerprint density at radius 1 is 1.05 bits per heavy atom. The number of hydrogen-bond acceptors (Lipinski definition) is 4. The minimum Gasteiger partial charge on any atom is -0.486 e. The molecule has 0 spiro atoms. The van der Waals surface area contributed by atoms with Crippen LogP contribution in [0.1, 0.15) is 16.7 Å². The lowest BCUT2D eigenvalue weighted by Crippen LogP contribution is -2.19. The Balaban J connectivity index is 1.63. The van der Waals surface area contributed by atoms with Crippen LogP contribution in [0.3, 0.4) is 0 Å². The van der Waals surface area contributed by atoms with Crippen LogP contribution in [0.2, 0.25) is 0 Å². The van der Waals surface area contributed by atoms with Crippen molar-refractivity contribution < 1.29 is 19.0 Å². The van der Waals surface area contributed by atoms with Gasteiger partial charge in [0, 0.05) is 24.2 Å². The average Bonchev–Trinajstić information content (AvgIpc) is 2.55. The first-order valence-corrected chi connectivity index (χ1v) is 7.24. The molecule has 0 bridgehead atoms. The highest BCUT2D eigenvalue weighted by atomic mass is 19.1. The average molecular weight is 303 g/mol. The van der Waals surface area contributed by atoms with Crippen LogP contribution >= 0.6 is 0 Å². The van der Waals surface area contributed by atoms with Crippen molar-refractivity contribution in [3.63, 3.8) is 0 Å². The molecule has 0 aliphatic carbocycles. The van der Waals surface area contributed by atoms with Crippen molar-refractivity contribution in [2.24, 2.45) is 0 Å². The van der Waals surface area contributed by atoms with E-state index in [4.69, 9.17) is 14.6 Å². The number of ether oxygens (including phenoxy) is 2. The first-order chi connectivity index (χ1) is 10.8. The van der Waals surface area contributed by atoms with Gasteiger partial charge in [-0.3, -0.25) is 0 Å². The van der Waals surface area contributed by atoms with E-state index in [9.17, 15) is 4.39 Å². The van der Waals surface area contributed by atoms with E-state index in [0.717, 1.165) is 22.6 Å². The number of nitrogens with one attached hydrogen (secondary N) is 1. The van der Waals surface area contributed by atoms with E-state index in [1.807, 2.05) is 24.3 Å². The smallest absolute Gasteiger partial charge is 0.165 e. The van der Waals surface area contributed by atoms with Crippen molar-refractivity contribution in [1.82, 2.24) is 5.32 Å². The Kier molecular flexibility index (Phi) is 4.56. The van der Waals surface area contributed by atoms with Gasteiger partial charge in [-0.25, -0.2) is 4.39 Å². The molecule has 5 heteroatoms. The van der Waals surface area contributed by atoms with Gasteiger partial charge < -0.3 is 19.9 Å². The summed E-state index contributed by atoms with van der Waals surface area (Å²) in [7, 11) is 0. The number of para-hydroxylation sites is 1. The summed E-state index contributed by atoms with van der Waals surface area (Å²) in [6.07, 6.45) is 0. The molecule has 1 heterocycles. The van der Waals surface area contributed by atoms with Crippen molar-refractivity contribution >= 4 is 0 Å². The summed E-state index contributed by atoms with van der Waals surface area (Å²) in [5, 5.41) is 12.2. The zero-order valence-electron chi connectivity index (χ0n) is 12.1. The zero-order valence-corrected chi connectivity index (χ0v) is 12.1. The Morgan fingerprint density at radius 2 is 1.91 bits per heavy atom. The van der Waals surface area contributed by atoms with Gasteiger partial charge in [-0.2, -0.15) is 0 Å². The highest BCUT2D eigenvalue weighted by Crippen LogP contribution is 2.33. The van der Waals surface area contributed by atoms with Crippen LogP contribution in [-0.4, -0.2) is 18.3 Å². The Bertz CT molecular complexity index is 660. The summed E-state index contributed by atoms with van der Waals surface area (Å²) in [4.78, 5) is 0. The fourth-order valence-electron chi connectivity index (χ4n) is 2.44. The Labute approximate surface area is 128 Å². The van der Waals surface area contributed by atoms with Crippen molar-refractivity contribution in [3.05, 3.63) is 58.9 Å². The Hall–Kier alpha value is -2.11. The summed E-state index contributed by atoms with van der Waals surface area (Å²) in [6, 6.07) is 10.7. The van der Waals surface area contributed by atoms with Gasteiger partial charge in [0.05, 0.1) is 6.61 Å². The maximum Gasteiger partial charge on any atom is 0.165 e. The lowest BCUT2D eigenvalue weighted by Gasteiger charge is -2.21. The minimum absolute atomic E-state index is 0.285. The highest BCUT2D eigenvalue weighted by Gasteiger charge is 2.15. The molecule has 4 nitrogen and oxygen atoms in total. The lowest BCUT2D eigenvalue weighted by atomic mass is 10.1. The van der Waals surface area contributed by atoms with E-state index < -0.39 is 0 Å². The van der Waals surface area contributed by atoms with Gasteiger partial charge in [-0.15, -0.1) is 0 Å². The normalized spacial score (nSPS) is 13.2. The van der Waals surface area contributed by atoms with Gasteiger partial charge in [-0.05, 0) is 17.7 Å². The molecule has 0 atom stereocenters. The van der Waals surface area contributed by atoms with Crippen LogP contribution in [0, 0.1) is 5.82 Å². The molecule has 0 unspecified atom stereocenters. The van der Waals surface area contributed by atoms with E-state index in [1.54, 1.807) is 6.07 Å². The number of hydrogen-bond donors (Lipinski definition) is 2. The molecule has 1 aliphatic heterocycles.